The van der Waals surface area contributed by atoms with Crippen LogP contribution in [0.4, 0.5) is 0 Å². The summed E-state index contributed by atoms with van der Waals surface area (Å²) in [6.07, 6.45) is 1.60. The molecule has 0 spiro atoms. The summed E-state index contributed by atoms with van der Waals surface area (Å²) in [5.41, 5.74) is -0.0577. The van der Waals surface area contributed by atoms with E-state index in [1.54, 1.807) is 12.3 Å². The van der Waals surface area contributed by atoms with Crippen molar-refractivity contribution in [1.29, 1.82) is 0 Å². The zero-order chi connectivity index (χ0) is 16.2. The monoisotopic (exact) mass is 337 g/mol. The maximum atomic E-state index is 12.0. The number of hydrogen-bond donors (Lipinski definition) is 2. The lowest BCUT2D eigenvalue weighted by molar-refractivity contribution is 0.0931. The molecular formula is C15H19N3O2S2. The van der Waals surface area contributed by atoms with Gasteiger partial charge in [-0.2, -0.15) is 0 Å². The average molecular weight is 337 g/mol. The lowest BCUT2D eigenvalue weighted by Crippen LogP contribution is -2.34. The lowest BCUT2D eigenvalue weighted by Gasteiger charge is -2.13. The predicted molar refractivity (Wildman–Crippen MR) is 89.8 cm³/mol. The number of aromatic nitrogens is 1. The zero-order valence-electron chi connectivity index (χ0n) is 12.8. The average Bonchev–Trinajstić information content (AvgIpc) is 3.12. The molecule has 2 aromatic rings. The SMILES string of the molecule is CC(C)(C)c1ncc(C(=O)NCCNC(=O)c2cccs2)s1. The normalized spacial score (nSPS) is 11.2. The molecule has 22 heavy (non-hydrogen) atoms. The van der Waals surface area contributed by atoms with Gasteiger partial charge >= 0.3 is 0 Å². The van der Waals surface area contributed by atoms with Gasteiger partial charge < -0.3 is 10.6 Å². The van der Waals surface area contributed by atoms with Gasteiger partial charge in [-0.25, -0.2) is 4.98 Å². The number of rotatable bonds is 5. The Hall–Kier alpha value is -1.73. The Kier molecular flexibility index (Phi) is 5.31. The summed E-state index contributed by atoms with van der Waals surface area (Å²) in [5.74, 6) is -0.268. The molecule has 0 aliphatic carbocycles. The number of nitrogens with zero attached hydrogens (tertiary/aromatic N) is 1. The number of thiazole rings is 1. The Morgan fingerprint density at radius 1 is 1.14 bits per heavy atom. The third-order valence-electron chi connectivity index (χ3n) is 2.81. The van der Waals surface area contributed by atoms with Gasteiger partial charge in [-0.05, 0) is 11.4 Å². The number of carbonyl (C=O) groups is 2. The van der Waals surface area contributed by atoms with Crippen LogP contribution in [-0.4, -0.2) is 29.9 Å². The molecule has 7 heteroatoms. The second-order valence-corrected chi connectivity index (χ2v) is 7.75. The maximum Gasteiger partial charge on any atom is 0.263 e. The first-order valence-corrected chi connectivity index (χ1v) is 8.64. The highest BCUT2D eigenvalue weighted by molar-refractivity contribution is 7.13. The van der Waals surface area contributed by atoms with E-state index >= 15 is 0 Å². The summed E-state index contributed by atoms with van der Waals surface area (Å²) in [6, 6.07) is 3.60. The largest absolute Gasteiger partial charge is 0.350 e. The summed E-state index contributed by atoms with van der Waals surface area (Å²) in [6.45, 7) is 6.97. The number of nitrogens with one attached hydrogen (secondary N) is 2. The van der Waals surface area contributed by atoms with E-state index in [9.17, 15) is 9.59 Å². The fraction of sp³-hybridized carbons (Fsp3) is 0.400. The van der Waals surface area contributed by atoms with Crippen molar-refractivity contribution < 1.29 is 9.59 Å². The zero-order valence-corrected chi connectivity index (χ0v) is 14.4. The highest BCUT2D eigenvalue weighted by Crippen LogP contribution is 2.26. The second-order valence-electron chi connectivity index (χ2n) is 5.77. The summed E-state index contributed by atoms with van der Waals surface area (Å²) >= 11 is 2.79. The Balaban J connectivity index is 1.76. The van der Waals surface area contributed by atoms with Crippen molar-refractivity contribution >= 4 is 34.5 Å². The topological polar surface area (TPSA) is 71.1 Å². The molecule has 5 nitrogen and oxygen atoms in total. The van der Waals surface area contributed by atoms with E-state index in [4.69, 9.17) is 0 Å². The van der Waals surface area contributed by atoms with Crippen molar-refractivity contribution in [3.8, 4) is 0 Å². The quantitative estimate of drug-likeness (QED) is 0.824. The fourth-order valence-electron chi connectivity index (χ4n) is 1.66. The Bertz CT molecular complexity index is 642. The molecule has 0 unspecified atom stereocenters. The molecule has 0 bridgehead atoms. The van der Waals surface area contributed by atoms with Gasteiger partial charge in [0.2, 0.25) is 0 Å². The van der Waals surface area contributed by atoms with Gasteiger partial charge in [0.25, 0.3) is 11.8 Å². The van der Waals surface area contributed by atoms with Crippen LogP contribution in [-0.2, 0) is 5.41 Å². The third-order valence-corrected chi connectivity index (χ3v) is 5.10. The van der Waals surface area contributed by atoms with E-state index in [0.717, 1.165) is 5.01 Å². The van der Waals surface area contributed by atoms with Crippen LogP contribution < -0.4 is 10.6 Å². The molecule has 0 aromatic carbocycles. The van der Waals surface area contributed by atoms with E-state index in [1.807, 2.05) is 11.4 Å². The van der Waals surface area contributed by atoms with Crippen LogP contribution in [0, 0.1) is 0 Å². The molecule has 0 radical (unpaired) electrons. The van der Waals surface area contributed by atoms with E-state index in [-0.39, 0.29) is 17.2 Å². The van der Waals surface area contributed by atoms with E-state index in [1.165, 1.54) is 22.7 Å². The van der Waals surface area contributed by atoms with E-state index in [2.05, 4.69) is 36.4 Å². The standard InChI is InChI=1S/C15H19N3O2S2/c1-15(2,3)14-18-9-11(22-14)13(20)17-7-6-16-12(19)10-5-4-8-21-10/h4-5,8-9H,6-7H2,1-3H3,(H,16,19)(H,17,20). The second kappa shape index (κ2) is 7.02. The van der Waals surface area contributed by atoms with Gasteiger partial charge in [-0.1, -0.05) is 26.8 Å². The summed E-state index contributed by atoms with van der Waals surface area (Å²) < 4.78 is 0. The smallest absolute Gasteiger partial charge is 0.263 e. The molecule has 2 aromatic heterocycles. The minimum atomic E-state index is -0.154. The van der Waals surface area contributed by atoms with Crippen molar-refractivity contribution in [2.24, 2.45) is 0 Å². The Labute approximate surface area is 137 Å². The molecule has 2 rings (SSSR count). The molecule has 0 fully saturated rings. The number of amides is 2. The van der Waals surface area contributed by atoms with Crippen molar-refractivity contribution in [3.63, 3.8) is 0 Å². The van der Waals surface area contributed by atoms with Crippen molar-refractivity contribution in [3.05, 3.63) is 38.5 Å². The minimum Gasteiger partial charge on any atom is -0.350 e. The van der Waals surface area contributed by atoms with Crippen LogP contribution in [0.5, 0.6) is 0 Å². The fourth-order valence-corrected chi connectivity index (χ4v) is 3.19. The highest BCUT2D eigenvalue weighted by atomic mass is 32.1. The van der Waals surface area contributed by atoms with E-state index in [0.29, 0.717) is 22.8 Å². The molecule has 2 heterocycles. The van der Waals surface area contributed by atoms with Crippen molar-refractivity contribution in [2.45, 2.75) is 26.2 Å². The molecule has 2 N–H and O–H groups in total. The van der Waals surface area contributed by atoms with Gasteiger partial charge in [0.15, 0.2) is 0 Å². The highest BCUT2D eigenvalue weighted by Gasteiger charge is 2.20. The van der Waals surface area contributed by atoms with Crippen LogP contribution in [0.3, 0.4) is 0 Å². The van der Waals surface area contributed by atoms with Gasteiger partial charge in [0, 0.05) is 18.5 Å². The van der Waals surface area contributed by atoms with Crippen LogP contribution in [0.1, 0.15) is 45.1 Å². The molecule has 0 aliphatic rings. The number of thiophene rings is 1. The number of hydrogen-bond acceptors (Lipinski definition) is 5. The van der Waals surface area contributed by atoms with Crippen LogP contribution >= 0.6 is 22.7 Å². The molecule has 0 atom stereocenters. The number of carbonyl (C=O) groups excluding carboxylic acids is 2. The van der Waals surface area contributed by atoms with Crippen LogP contribution in [0.25, 0.3) is 0 Å². The summed E-state index contributed by atoms with van der Waals surface area (Å²) in [7, 11) is 0. The van der Waals surface area contributed by atoms with Crippen LogP contribution in [0.2, 0.25) is 0 Å². The lowest BCUT2D eigenvalue weighted by atomic mass is 9.98. The molecular weight excluding hydrogens is 318 g/mol. The van der Waals surface area contributed by atoms with E-state index < -0.39 is 0 Å². The predicted octanol–water partition coefficient (Wildman–Crippen LogP) is 2.66. The van der Waals surface area contributed by atoms with Gasteiger partial charge in [-0.3, -0.25) is 9.59 Å². The van der Waals surface area contributed by atoms with Crippen molar-refractivity contribution in [1.82, 2.24) is 15.6 Å². The van der Waals surface area contributed by atoms with Crippen molar-refractivity contribution in [2.75, 3.05) is 13.1 Å². The maximum absolute atomic E-state index is 12.0. The van der Waals surface area contributed by atoms with Gasteiger partial charge in [0.05, 0.1) is 16.1 Å². The molecule has 118 valence electrons. The summed E-state index contributed by atoms with van der Waals surface area (Å²) in [5, 5.41) is 8.34. The minimum absolute atomic E-state index is 0.0577. The molecule has 0 aliphatic heterocycles. The Morgan fingerprint density at radius 3 is 2.27 bits per heavy atom. The molecule has 2 amide bonds. The molecule has 0 saturated carbocycles. The third kappa shape index (κ3) is 4.38. The van der Waals surface area contributed by atoms with Gasteiger partial charge in [-0.15, -0.1) is 22.7 Å². The summed E-state index contributed by atoms with van der Waals surface area (Å²) in [4.78, 5) is 29.3. The van der Waals surface area contributed by atoms with Gasteiger partial charge in [0.1, 0.15) is 4.88 Å². The first-order chi connectivity index (χ1) is 10.4. The van der Waals surface area contributed by atoms with Crippen LogP contribution in [0.15, 0.2) is 23.7 Å². The first kappa shape index (κ1) is 16.6. The first-order valence-electron chi connectivity index (χ1n) is 6.94. The molecule has 0 saturated heterocycles. The Morgan fingerprint density at radius 2 is 1.77 bits per heavy atom.